The second-order valence-electron chi connectivity index (χ2n) is 4.04. The Balaban J connectivity index is 2.25. The molecular weight excluding hydrogens is 256 g/mol. The monoisotopic (exact) mass is 266 g/mol. The molecule has 20 heavy (non-hydrogen) atoms. The van der Waals surface area contributed by atoms with Gasteiger partial charge in [0.2, 0.25) is 0 Å². The van der Waals surface area contributed by atoms with Crippen LogP contribution >= 0.6 is 0 Å². The molecule has 0 saturated carbocycles. The summed E-state index contributed by atoms with van der Waals surface area (Å²) in [7, 11) is 0. The fourth-order valence-corrected chi connectivity index (χ4v) is 1.90. The number of hydrogen-bond donors (Lipinski definition) is 1. The van der Waals surface area contributed by atoms with E-state index in [1.165, 1.54) is 6.08 Å². The van der Waals surface area contributed by atoms with Crippen molar-refractivity contribution in [3.8, 4) is 11.4 Å². The number of carboxylic acids is 1. The molecule has 98 valence electrons. The Kier molecular flexibility index (Phi) is 2.96. The quantitative estimate of drug-likeness (QED) is 0.732. The van der Waals surface area contributed by atoms with Gasteiger partial charge in [-0.2, -0.15) is 5.10 Å². The first kappa shape index (κ1) is 12.0. The predicted molar refractivity (Wildman–Crippen MR) is 72.9 cm³/mol. The summed E-state index contributed by atoms with van der Waals surface area (Å²) < 4.78 is 1.60. The van der Waals surface area contributed by atoms with E-state index in [0.717, 1.165) is 6.08 Å². The predicted octanol–water partition coefficient (Wildman–Crippen LogP) is 1.89. The van der Waals surface area contributed by atoms with Crippen molar-refractivity contribution in [2.45, 2.75) is 0 Å². The molecule has 0 fully saturated rings. The van der Waals surface area contributed by atoms with E-state index in [0.29, 0.717) is 22.6 Å². The van der Waals surface area contributed by atoms with Crippen LogP contribution in [0.25, 0.3) is 23.1 Å². The number of pyridine rings is 1. The zero-order chi connectivity index (χ0) is 13.9. The van der Waals surface area contributed by atoms with Gasteiger partial charge in [0.15, 0.2) is 5.65 Å². The van der Waals surface area contributed by atoms with Gasteiger partial charge < -0.3 is 5.11 Å². The molecule has 0 aliphatic carbocycles. The average molecular weight is 266 g/mol. The number of hydrogen-bond acceptors (Lipinski definition) is 4. The van der Waals surface area contributed by atoms with Crippen molar-refractivity contribution in [1.82, 2.24) is 19.6 Å². The third-order valence-electron chi connectivity index (χ3n) is 2.73. The van der Waals surface area contributed by atoms with E-state index in [4.69, 9.17) is 5.11 Å². The van der Waals surface area contributed by atoms with E-state index in [1.54, 1.807) is 29.2 Å². The van der Waals surface area contributed by atoms with Crippen LogP contribution in [0.1, 0.15) is 5.56 Å². The Morgan fingerprint density at radius 1 is 1.20 bits per heavy atom. The van der Waals surface area contributed by atoms with Crippen LogP contribution in [0.4, 0.5) is 0 Å². The summed E-state index contributed by atoms with van der Waals surface area (Å²) in [6.45, 7) is 0. The van der Waals surface area contributed by atoms with Crippen LogP contribution in [-0.2, 0) is 4.79 Å². The molecule has 0 unspecified atom stereocenters. The maximum absolute atomic E-state index is 10.7. The molecule has 0 amide bonds. The molecule has 6 nitrogen and oxygen atoms in total. The van der Waals surface area contributed by atoms with E-state index < -0.39 is 5.97 Å². The fourth-order valence-electron chi connectivity index (χ4n) is 1.90. The van der Waals surface area contributed by atoms with Gasteiger partial charge in [-0.3, -0.25) is 4.98 Å². The maximum atomic E-state index is 10.7. The Labute approximate surface area is 114 Å². The fraction of sp³-hybridized carbons (Fsp3) is 0. The van der Waals surface area contributed by atoms with Crippen molar-refractivity contribution < 1.29 is 9.90 Å². The number of nitrogens with zero attached hydrogens (tertiary/aromatic N) is 4. The SMILES string of the molecule is O=C(O)/C=C/c1c(-c2ccccn2)nn2cccnc12. The van der Waals surface area contributed by atoms with Gasteiger partial charge in [-0.25, -0.2) is 14.3 Å². The van der Waals surface area contributed by atoms with Crippen molar-refractivity contribution in [3.05, 3.63) is 54.5 Å². The van der Waals surface area contributed by atoms with Gasteiger partial charge in [-0.05, 0) is 24.3 Å². The topological polar surface area (TPSA) is 80.4 Å². The van der Waals surface area contributed by atoms with Gasteiger partial charge in [0, 0.05) is 30.2 Å². The summed E-state index contributed by atoms with van der Waals surface area (Å²) in [6, 6.07) is 7.24. The summed E-state index contributed by atoms with van der Waals surface area (Å²) >= 11 is 0. The van der Waals surface area contributed by atoms with Gasteiger partial charge in [-0.15, -0.1) is 0 Å². The normalized spacial score (nSPS) is 11.2. The van der Waals surface area contributed by atoms with Crippen LogP contribution < -0.4 is 0 Å². The van der Waals surface area contributed by atoms with Crippen LogP contribution in [0.3, 0.4) is 0 Å². The van der Waals surface area contributed by atoms with Crippen LogP contribution in [0.5, 0.6) is 0 Å². The smallest absolute Gasteiger partial charge is 0.328 e. The summed E-state index contributed by atoms with van der Waals surface area (Å²) in [5.41, 5.74) is 2.49. The summed E-state index contributed by atoms with van der Waals surface area (Å²) in [4.78, 5) is 19.2. The lowest BCUT2D eigenvalue weighted by Gasteiger charge is -1.96. The third kappa shape index (κ3) is 2.14. The molecule has 0 atom stereocenters. The van der Waals surface area contributed by atoms with Crippen molar-refractivity contribution in [2.24, 2.45) is 0 Å². The molecule has 3 rings (SSSR count). The minimum absolute atomic E-state index is 0.589. The molecular formula is C14H10N4O2. The lowest BCUT2D eigenvalue weighted by atomic mass is 10.1. The van der Waals surface area contributed by atoms with Crippen LogP contribution in [0.15, 0.2) is 48.9 Å². The third-order valence-corrected chi connectivity index (χ3v) is 2.73. The molecule has 0 aliphatic heterocycles. The highest BCUT2D eigenvalue weighted by Crippen LogP contribution is 2.24. The number of carbonyl (C=O) groups is 1. The van der Waals surface area contributed by atoms with Crippen LogP contribution in [0, 0.1) is 0 Å². The second kappa shape index (κ2) is 4.93. The molecule has 0 aromatic carbocycles. The first-order chi connectivity index (χ1) is 9.75. The van der Waals surface area contributed by atoms with E-state index >= 15 is 0 Å². The molecule has 0 spiro atoms. The van der Waals surface area contributed by atoms with Crippen LogP contribution in [-0.4, -0.2) is 30.7 Å². The van der Waals surface area contributed by atoms with E-state index in [-0.39, 0.29) is 0 Å². The molecule has 0 saturated heterocycles. The molecule has 3 heterocycles. The Morgan fingerprint density at radius 2 is 2.05 bits per heavy atom. The standard InChI is InChI=1S/C14H10N4O2/c19-12(20)6-5-10-13(11-4-1-2-7-15-11)17-18-9-3-8-16-14(10)18/h1-9H,(H,19,20)/b6-5+. The van der Waals surface area contributed by atoms with Crippen molar-refractivity contribution in [3.63, 3.8) is 0 Å². The zero-order valence-electron chi connectivity index (χ0n) is 10.3. The van der Waals surface area contributed by atoms with E-state index in [2.05, 4.69) is 15.1 Å². The van der Waals surface area contributed by atoms with Gasteiger partial charge in [0.05, 0.1) is 5.69 Å². The van der Waals surface area contributed by atoms with Crippen LogP contribution in [0.2, 0.25) is 0 Å². The Hall–Kier alpha value is -3.02. The molecule has 0 radical (unpaired) electrons. The van der Waals surface area contributed by atoms with Gasteiger partial charge >= 0.3 is 5.97 Å². The zero-order valence-corrected chi connectivity index (χ0v) is 10.3. The molecule has 6 heteroatoms. The molecule has 3 aromatic heterocycles. The lowest BCUT2D eigenvalue weighted by Crippen LogP contribution is -1.88. The second-order valence-corrected chi connectivity index (χ2v) is 4.04. The first-order valence-corrected chi connectivity index (χ1v) is 5.91. The molecule has 3 aromatic rings. The van der Waals surface area contributed by atoms with E-state index in [9.17, 15) is 4.79 Å². The Morgan fingerprint density at radius 3 is 2.80 bits per heavy atom. The first-order valence-electron chi connectivity index (χ1n) is 5.91. The van der Waals surface area contributed by atoms with Crippen molar-refractivity contribution in [2.75, 3.05) is 0 Å². The number of aliphatic carboxylic acids is 1. The van der Waals surface area contributed by atoms with Gasteiger partial charge in [0.25, 0.3) is 0 Å². The molecule has 1 N–H and O–H groups in total. The highest BCUT2D eigenvalue weighted by Gasteiger charge is 2.14. The highest BCUT2D eigenvalue weighted by molar-refractivity contribution is 5.89. The molecule has 0 bridgehead atoms. The number of fused-ring (bicyclic) bond motifs is 1. The van der Waals surface area contributed by atoms with Gasteiger partial charge in [0.1, 0.15) is 5.69 Å². The highest BCUT2D eigenvalue weighted by atomic mass is 16.4. The van der Waals surface area contributed by atoms with Gasteiger partial charge in [-0.1, -0.05) is 6.07 Å². The number of aromatic nitrogens is 4. The number of carboxylic acid groups (broad SMARTS) is 1. The van der Waals surface area contributed by atoms with Crippen molar-refractivity contribution >= 4 is 17.7 Å². The van der Waals surface area contributed by atoms with Crippen molar-refractivity contribution in [1.29, 1.82) is 0 Å². The maximum Gasteiger partial charge on any atom is 0.328 e. The molecule has 0 aliphatic rings. The minimum atomic E-state index is -1.02. The van der Waals surface area contributed by atoms with E-state index in [1.807, 2.05) is 18.2 Å². The number of rotatable bonds is 3. The summed E-state index contributed by atoms with van der Waals surface area (Å²) in [6.07, 6.45) is 7.61. The minimum Gasteiger partial charge on any atom is -0.478 e. The summed E-state index contributed by atoms with van der Waals surface area (Å²) in [5.74, 6) is -1.02. The summed E-state index contributed by atoms with van der Waals surface area (Å²) in [5, 5.41) is 13.2. The average Bonchev–Trinajstić information content (AvgIpc) is 2.84. The Bertz CT molecular complexity index is 793. The lowest BCUT2D eigenvalue weighted by molar-refractivity contribution is -0.131. The largest absolute Gasteiger partial charge is 0.478 e.